The molecule has 0 aliphatic rings. The van der Waals surface area contributed by atoms with Crippen LogP contribution in [-0.2, 0) is 38.7 Å². The Hall–Kier alpha value is -3.25. The number of phenols is 2. The SMILES string of the molecule is Cc1cc(Br)c(O)c(CCN(C)CCc2cc(C)cc(-c3ccccc3)c2O)c1.[CH2-]c1ccccc1.[CH2-]c1ccccc1.[Hf]. The summed E-state index contributed by atoms with van der Waals surface area (Å²) in [4.78, 5) is 2.24. The summed E-state index contributed by atoms with van der Waals surface area (Å²) in [5, 5.41) is 21.1. The van der Waals surface area contributed by atoms with Gasteiger partial charge in [-0.15, -0.1) is 24.3 Å². The van der Waals surface area contributed by atoms with Gasteiger partial charge in [0.15, 0.2) is 0 Å². The Balaban J connectivity index is 0.000000367. The number of hydrogen-bond donors (Lipinski definition) is 2. The molecule has 0 spiro atoms. The van der Waals surface area contributed by atoms with Gasteiger partial charge >= 0.3 is 0 Å². The first kappa shape index (κ1) is 36.9. The quantitative estimate of drug-likeness (QED) is 0.127. The molecule has 5 aromatic rings. The maximum Gasteiger partial charge on any atom is 0.133 e. The standard InChI is InChI=1S/C25H28BrNO2.2C7H7.Hf/c1-17-13-20(24(28)22(15-17)19-7-5-4-6-8-19)9-11-27(3)12-10-21-14-18(2)16-23(26)25(21)29;2*1-7-5-3-2-4-6-7;/h4-8,13-16,28-29H,9-12H2,1-3H3;2*2-6H,1H2;/q;2*-1;. The number of halogens is 1. The van der Waals surface area contributed by atoms with E-state index in [0.717, 1.165) is 74.9 Å². The number of benzene rings is 5. The first-order valence-corrected chi connectivity index (χ1v) is 15.2. The van der Waals surface area contributed by atoms with Crippen molar-refractivity contribution < 1.29 is 36.1 Å². The number of hydrogen-bond acceptors (Lipinski definition) is 3. The van der Waals surface area contributed by atoms with Gasteiger partial charge in [-0.2, -0.15) is 49.2 Å². The van der Waals surface area contributed by atoms with Crippen LogP contribution in [0.25, 0.3) is 11.1 Å². The average molecular weight is 815 g/mol. The minimum Gasteiger partial charge on any atom is -0.507 e. The van der Waals surface area contributed by atoms with Crippen molar-refractivity contribution in [2.45, 2.75) is 26.7 Å². The molecule has 5 heteroatoms. The second kappa shape index (κ2) is 19.2. The van der Waals surface area contributed by atoms with Crippen LogP contribution >= 0.6 is 15.9 Å². The second-order valence-corrected chi connectivity index (χ2v) is 11.6. The minimum atomic E-state index is 0. The fourth-order valence-electron chi connectivity index (χ4n) is 4.57. The summed E-state index contributed by atoms with van der Waals surface area (Å²) in [6, 6.07) is 37.8. The van der Waals surface area contributed by atoms with Gasteiger partial charge in [-0.1, -0.05) is 54.6 Å². The van der Waals surface area contributed by atoms with Gasteiger partial charge in [-0.05, 0) is 89.6 Å². The Labute approximate surface area is 291 Å². The van der Waals surface area contributed by atoms with Crippen molar-refractivity contribution >= 4 is 15.9 Å². The van der Waals surface area contributed by atoms with Crippen molar-refractivity contribution in [3.8, 4) is 22.6 Å². The molecule has 228 valence electrons. The predicted molar refractivity (Wildman–Crippen MR) is 186 cm³/mol. The largest absolute Gasteiger partial charge is 0.507 e. The van der Waals surface area contributed by atoms with Gasteiger partial charge in [-0.25, -0.2) is 0 Å². The third-order valence-corrected chi connectivity index (χ3v) is 7.52. The molecule has 44 heavy (non-hydrogen) atoms. The van der Waals surface area contributed by atoms with Gasteiger partial charge in [0.2, 0.25) is 0 Å². The van der Waals surface area contributed by atoms with E-state index in [1.165, 1.54) is 0 Å². The first-order chi connectivity index (χ1) is 20.6. The molecule has 5 aromatic carbocycles. The Morgan fingerprint density at radius 2 is 1.02 bits per heavy atom. The van der Waals surface area contributed by atoms with Gasteiger partial charge in [0.25, 0.3) is 0 Å². The summed E-state index contributed by atoms with van der Waals surface area (Å²) in [6.45, 7) is 13.2. The fourth-order valence-corrected chi connectivity index (χ4v) is 5.19. The topological polar surface area (TPSA) is 43.7 Å². The Morgan fingerprint density at radius 1 is 0.614 bits per heavy atom. The first-order valence-electron chi connectivity index (χ1n) is 14.4. The van der Waals surface area contributed by atoms with E-state index in [9.17, 15) is 10.2 Å². The van der Waals surface area contributed by atoms with Crippen LogP contribution in [-0.4, -0.2) is 35.3 Å². The molecule has 0 amide bonds. The molecule has 0 fully saturated rings. The molecule has 5 rings (SSSR count). The van der Waals surface area contributed by atoms with E-state index in [0.29, 0.717) is 11.5 Å². The molecule has 0 bridgehead atoms. The molecule has 0 unspecified atom stereocenters. The Morgan fingerprint density at radius 3 is 1.45 bits per heavy atom. The number of phenolic OH excluding ortho intramolecular Hbond substituents is 2. The summed E-state index contributed by atoms with van der Waals surface area (Å²) >= 11 is 3.41. The summed E-state index contributed by atoms with van der Waals surface area (Å²) in [5.41, 5.74) is 8.26. The molecule has 0 heterocycles. The van der Waals surface area contributed by atoms with Crippen LogP contribution in [0.1, 0.15) is 33.4 Å². The zero-order valence-electron chi connectivity index (χ0n) is 25.9. The van der Waals surface area contributed by atoms with E-state index < -0.39 is 0 Å². The number of aromatic hydroxyl groups is 2. The van der Waals surface area contributed by atoms with Crippen LogP contribution < -0.4 is 0 Å². The smallest absolute Gasteiger partial charge is 0.133 e. The van der Waals surface area contributed by atoms with Crippen LogP contribution in [0, 0.1) is 27.7 Å². The molecule has 0 saturated heterocycles. The molecule has 0 radical (unpaired) electrons. The van der Waals surface area contributed by atoms with Crippen molar-refractivity contribution in [2.24, 2.45) is 0 Å². The van der Waals surface area contributed by atoms with Crippen molar-refractivity contribution in [1.82, 2.24) is 4.90 Å². The molecule has 0 aliphatic heterocycles. The fraction of sp³-hybridized carbons (Fsp3) is 0.179. The molecule has 0 atom stereocenters. The van der Waals surface area contributed by atoms with Gasteiger partial charge < -0.3 is 15.1 Å². The summed E-state index contributed by atoms with van der Waals surface area (Å²) in [5.74, 6) is 0.697. The summed E-state index contributed by atoms with van der Waals surface area (Å²) < 4.78 is 0.744. The van der Waals surface area contributed by atoms with Crippen molar-refractivity contribution in [1.29, 1.82) is 0 Å². The van der Waals surface area contributed by atoms with E-state index >= 15 is 0 Å². The number of rotatable bonds is 7. The maximum atomic E-state index is 10.8. The number of likely N-dealkylation sites (N-methyl/N-ethyl adjacent to an activating group) is 1. The molecule has 2 N–H and O–H groups in total. The van der Waals surface area contributed by atoms with Crippen LogP contribution in [0.4, 0.5) is 0 Å². The van der Waals surface area contributed by atoms with Crippen molar-refractivity contribution in [3.05, 3.63) is 167 Å². The van der Waals surface area contributed by atoms with Crippen LogP contribution in [0.2, 0.25) is 0 Å². The molecule has 3 nitrogen and oxygen atoms in total. The second-order valence-electron chi connectivity index (χ2n) is 10.7. The van der Waals surface area contributed by atoms with Gasteiger partial charge in [0.1, 0.15) is 11.5 Å². The molecule has 0 saturated carbocycles. The van der Waals surface area contributed by atoms with E-state index in [1.807, 2.05) is 116 Å². The van der Waals surface area contributed by atoms with Crippen LogP contribution in [0.3, 0.4) is 0 Å². The van der Waals surface area contributed by atoms with Crippen molar-refractivity contribution in [3.63, 3.8) is 0 Å². The van der Waals surface area contributed by atoms with Crippen LogP contribution in [0.15, 0.2) is 120 Å². The number of aryl methyl sites for hydroxylation is 2. The Kier molecular flexibility index (Phi) is 16.1. The molecular formula is C39H42BrHfNO2-2. The zero-order valence-corrected chi connectivity index (χ0v) is 31.1. The van der Waals surface area contributed by atoms with E-state index in [-0.39, 0.29) is 25.8 Å². The number of nitrogens with zero attached hydrogens (tertiary/aromatic N) is 1. The van der Waals surface area contributed by atoms with E-state index in [1.54, 1.807) is 0 Å². The van der Waals surface area contributed by atoms with E-state index in [4.69, 9.17) is 0 Å². The third kappa shape index (κ3) is 12.4. The Bertz CT molecular complexity index is 1510. The normalized spacial score (nSPS) is 10.1. The van der Waals surface area contributed by atoms with Crippen LogP contribution in [0.5, 0.6) is 11.5 Å². The predicted octanol–water partition coefficient (Wildman–Crippen LogP) is 9.60. The van der Waals surface area contributed by atoms with E-state index in [2.05, 4.69) is 54.7 Å². The van der Waals surface area contributed by atoms with Gasteiger partial charge in [-0.3, -0.25) is 0 Å². The van der Waals surface area contributed by atoms with Gasteiger partial charge in [0.05, 0.1) is 4.47 Å². The summed E-state index contributed by atoms with van der Waals surface area (Å²) in [7, 11) is 2.08. The third-order valence-electron chi connectivity index (χ3n) is 6.92. The maximum absolute atomic E-state index is 10.8. The monoisotopic (exact) mass is 815 g/mol. The van der Waals surface area contributed by atoms with Crippen molar-refractivity contribution in [2.75, 3.05) is 20.1 Å². The summed E-state index contributed by atoms with van der Waals surface area (Å²) in [6.07, 6.45) is 1.55. The average Bonchev–Trinajstić information content (AvgIpc) is 3.00. The molecule has 0 aliphatic carbocycles. The minimum absolute atomic E-state index is 0. The zero-order chi connectivity index (χ0) is 31.2. The molecule has 0 aromatic heterocycles. The molecular weight excluding hydrogens is 773 g/mol. The van der Waals surface area contributed by atoms with Gasteiger partial charge in [0, 0.05) is 44.5 Å².